The predicted octanol–water partition coefficient (Wildman–Crippen LogP) is 3.86. The first-order chi connectivity index (χ1) is 7.52. The van der Waals surface area contributed by atoms with E-state index in [9.17, 15) is 9.90 Å². The van der Waals surface area contributed by atoms with Crippen LogP contribution in [0.4, 0.5) is 0 Å². The molecule has 0 saturated heterocycles. The maximum absolute atomic E-state index is 11.2. The van der Waals surface area contributed by atoms with E-state index in [-0.39, 0.29) is 0 Å². The molecular formula is C13H15ClO2. The molecular weight excluding hydrogens is 224 g/mol. The molecule has 0 bridgehead atoms. The summed E-state index contributed by atoms with van der Waals surface area (Å²) in [5.41, 5.74) is 1.78. The van der Waals surface area contributed by atoms with Crippen LogP contribution in [0.1, 0.15) is 31.7 Å². The second-order valence-corrected chi connectivity index (χ2v) is 4.34. The molecule has 0 aliphatic carbocycles. The summed E-state index contributed by atoms with van der Waals surface area (Å²) in [6.45, 7) is 3.90. The van der Waals surface area contributed by atoms with E-state index in [4.69, 9.17) is 11.6 Å². The highest BCUT2D eigenvalue weighted by Crippen LogP contribution is 2.27. The number of benzene rings is 1. The fourth-order valence-electron chi connectivity index (χ4n) is 1.47. The van der Waals surface area contributed by atoms with Crippen LogP contribution in [0.3, 0.4) is 0 Å². The summed E-state index contributed by atoms with van der Waals surface area (Å²) in [7, 11) is 0. The zero-order chi connectivity index (χ0) is 12.1. The van der Waals surface area contributed by atoms with Crippen LogP contribution in [-0.2, 0) is 4.79 Å². The Balaban J connectivity index is 2.99. The third-order valence-corrected chi connectivity index (χ3v) is 2.68. The summed E-state index contributed by atoms with van der Waals surface area (Å²) in [5.74, 6) is -1.41. The molecule has 2 nitrogen and oxygen atoms in total. The summed E-state index contributed by atoms with van der Waals surface area (Å²) >= 11 is 5.99. The van der Waals surface area contributed by atoms with Crippen LogP contribution in [0.15, 0.2) is 35.9 Å². The molecule has 1 N–H and O–H groups in total. The zero-order valence-electron chi connectivity index (χ0n) is 9.40. The van der Waals surface area contributed by atoms with Gasteiger partial charge in [0.05, 0.1) is 5.92 Å². The molecule has 0 aromatic heterocycles. The van der Waals surface area contributed by atoms with Gasteiger partial charge in [-0.25, -0.2) is 0 Å². The molecule has 0 spiro atoms. The van der Waals surface area contributed by atoms with Gasteiger partial charge < -0.3 is 5.11 Å². The summed E-state index contributed by atoms with van der Waals surface area (Å²) in [6, 6.07) is 7.08. The smallest absolute Gasteiger partial charge is 0.311 e. The van der Waals surface area contributed by atoms with E-state index in [0.717, 1.165) is 5.57 Å². The maximum Gasteiger partial charge on any atom is 0.311 e. The van der Waals surface area contributed by atoms with E-state index >= 15 is 0 Å². The molecule has 1 aromatic rings. The van der Waals surface area contributed by atoms with Crippen molar-refractivity contribution < 1.29 is 9.90 Å². The van der Waals surface area contributed by atoms with Gasteiger partial charge in [-0.2, -0.15) is 0 Å². The lowest BCUT2D eigenvalue weighted by molar-refractivity contribution is -0.138. The lowest BCUT2D eigenvalue weighted by atomic mass is 9.95. The predicted molar refractivity (Wildman–Crippen MR) is 65.9 cm³/mol. The van der Waals surface area contributed by atoms with E-state index < -0.39 is 11.9 Å². The van der Waals surface area contributed by atoms with Gasteiger partial charge in [0.15, 0.2) is 0 Å². The Kier molecular flexibility index (Phi) is 4.56. The molecule has 1 rings (SSSR count). The van der Waals surface area contributed by atoms with Gasteiger partial charge >= 0.3 is 5.97 Å². The largest absolute Gasteiger partial charge is 0.481 e. The minimum Gasteiger partial charge on any atom is -0.481 e. The minimum atomic E-state index is -0.842. The second-order valence-electron chi connectivity index (χ2n) is 3.93. The van der Waals surface area contributed by atoms with E-state index in [0.29, 0.717) is 17.0 Å². The van der Waals surface area contributed by atoms with Crippen molar-refractivity contribution in [2.75, 3.05) is 0 Å². The van der Waals surface area contributed by atoms with Gasteiger partial charge in [0.1, 0.15) is 0 Å². The van der Waals surface area contributed by atoms with Gasteiger partial charge in [-0.15, -0.1) is 0 Å². The quantitative estimate of drug-likeness (QED) is 0.809. The van der Waals surface area contributed by atoms with Crippen molar-refractivity contribution in [2.24, 2.45) is 0 Å². The van der Waals surface area contributed by atoms with Gasteiger partial charge in [-0.3, -0.25) is 4.79 Å². The van der Waals surface area contributed by atoms with E-state index in [1.807, 2.05) is 19.9 Å². The molecule has 1 unspecified atom stereocenters. The average Bonchev–Trinajstić information content (AvgIpc) is 2.20. The van der Waals surface area contributed by atoms with E-state index in [1.54, 1.807) is 24.3 Å². The molecule has 16 heavy (non-hydrogen) atoms. The Morgan fingerprint density at radius 2 is 2.06 bits per heavy atom. The molecule has 0 fully saturated rings. The lowest BCUT2D eigenvalue weighted by Gasteiger charge is -2.12. The first kappa shape index (κ1) is 12.8. The highest BCUT2D eigenvalue weighted by Gasteiger charge is 2.20. The number of aliphatic carboxylic acids is 1. The highest BCUT2D eigenvalue weighted by molar-refractivity contribution is 6.31. The van der Waals surface area contributed by atoms with Crippen molar-refractivity contribution >= 4 is 17.6 Å². The van der Waals surface area contributed by atoms with Crippen LogP contribution >= 0.6 is 11.6 Å². The number of halogens is 1. The van der Waals surface area contributed by atoms with E-state index in [2.05, 4.69) is 0 Å². The highest BCUT2D eigenvalue weighted by atomic mass is 35.5. The Bertz CT molecular complexity index is 406. The molecule has 0 aliphatic heterocycles. The van der Waals surface area contributed by atoms with Crippen molar-refractivity contribution in [2.45, 2.75) is 26.2 Å². The Morgan fingerprint density at radius 1 is 1.44 bits per heavy atom. The summed E-state index contributed by atoms with van der Waals surface area (Å²) in [4.78, 5) is 11.2. The molecule has 3 heteroatoms. The van der Waals surface area contributed by atoms with Gasteiger partial charge in [-0.05, 0) is 31.9 Å². The summed E-state index contributed by atoms with van der Waals surface area (Å²) < 4.78 is 0. The van der Waals surface area contributed by atoms with Crippen LogP contribution in [0.5, 0.6) is 0 Å². The number of carboxylic acids is 1. The molecule has 0 heterocycles. The summed E-state index contributed by atoms with van der Waals surface area (Å²) in [5, 5.41) is 9.69. The van der Waals surface area contributed by atoms with E-state index in [1.165, 1.54) is 0 Å². The van der Waals surface area contributed by atoms with Gasteiger partial charge in [-0.1, -0.05) is 41.4 Å². The molecule has 1 aromatic carbocycles. The standard InChI is InChI=1S/C13H15ClO2/c1-9(2)7-8-11(13(15)16)10-5-3-4-6-12(10)14/h3-7,11H,8H2,1-2H3,(H,15,16). The first-order valence-corrected chi connectivity index (χ1v) is 5.50. The lowest BCUT2D eigenvalue weighted by Crippen LogP contribution is -2.11. The molecule has 1 atom stereocenters. The minimum absolute atomic E-state index is 0.474. The average molecular weight is 239 g/mol. The molecule has 0 saturated carbocycles. The third-order valence-electron chi connectivity index (χ3n) is 2.34. The molecule has 86 valence electrons. The van der Waals surface area contributed by atoms with Crippen molar-refractivity contribution in [3.63, 3.8) is 0 Å². The maximum atomic E-state index is 11.2. The van der Waals surface area contributed by atoms with Crippen molar-refractivity contribution in [1.29, 1.82) is 0 Å². The molecule has 0 radical (unpaired) electrons. The fourth-order valence-corrected chi connectivity index (χ4v) is 1.74. The van der Waals surface area contributed by atoms with Crippen LogP contribution in [0.25, 0.3) is 0 Å². The number of rotatable bonds is 4. The SMILES string of the molecule is CC(C)=CCC(C(=O)O)c1ccccc1Cl. The monoisotopic (exact) mass is 238 g/mol. The first-order valence-electron chi connectivity index (χ1n) is 5.13. The van der Waals surface area contributed by atoms with Crippen molar-refractivity contribution in [3.05, 3.63) is 46.5 Å². The van der Waals surface area contributed by atoms with Crippen LogP contribution in [0, 0.1) is 0 Å². The topological polar surface area (TPSA) is 37.3 Å². The van der Waals surface area contributed by atoms with Crippen molar-refractivity contribution in [3.8, 4) is 0 Å². The molecule has 0 amide bonds. The van der Waals surface area contributed by atoms with Crippen LogP contribution in [0.2, 0.25) is 5.02 Å². The second kappa shape index (κ2) is 5.71. The zero-order valence-corrected chi connectivity index (χ0v) is 10.2. The number of hydrogen-bond donors (Lipinski definition) is 1. The summed E-state index contributed by atoms with van der Waals surface area (Å²) in [6.07, 6.45) is 2.39. The fraction of sp³-hybridized carbons (Fsp3) is 0.308. The van der Waals surface area contributed by atoms with Gasteiger partial charge in [0.2, 0.25) is 0 Å². The third kappa shape index (κ3) is 3.38. The Morgan fingerprint density at radius 3 is 2.56 bits per heavy atom. The van der Waals surface area contributed by atoms with Crippen LogP contribution < -0.4 is 0 Å². The van der Waals surface area contributed by atoms with Gasteiger partial charge in [0.25, 0.3) is 0 Å². The molecule has 0 aliphatic rings. The number of carboxylic acid groups (broad SMARTS) is 1. The van der Waals surface area contributed by atoms with Crippen LogP contribution in [-0.4, -0.2) is 11.1 Å². The normalized spacial score (nSPS) is 11.9. The Hall–Kier alpha value is -1.28. The number of allylic oxidation sites excluding steroid dienone is 2. The Labute approximate surface area is 101 Å². The number of carbonyl (C=O) groups is 1. The van der Waals surface area contributed by atoms with Crippen molar-refractivity contribution in [1.82, 2.24) is 0 Å². The number of hydrogen-bond acceptors (Lipinski definition) is 1. The van der Waals surface area contributed by atoms with Gasteiger partial charge in [0, 0.05) is 5.02 Å².